The molecule has 5 amide bonds. The molecule has 20 rings (SSSR count). The van der Waals surface area contributed by atoms with E-state index in [4.69, 9.17) is 0 Å². The molecule has 0 saturated carbocycles. The summed E-state index contributed by atoms with van der Waals surface area (Å²) in [6.45, 7) is 26.5. The van der Waals surface area contributed by atoms with E-state index in [-0.39, 0.29) is 59.1 Å². The van der Waals surface area contributed by atoms with Crippen LogP contribution in [0.1, 0.15) is 285 Å². The number of hydrogen-bond donors (Lipinski definition) is 5. The Hall–Kier alpha value is -12.6. The molecule has 5 N–H and O–H groups in total. The number of hydrogen-bond acceptors (Lipinski definition) is 15. The van der Waals surface area contributed by atoms with Gasteiger partial charge in [0.1, 0.15) is 0 Å². The van der Waals surface area contributed by atoms with E-state index in [1.165, 1.54) is 36.4 Å². The first-order valence-corrected chi connectivity index (χ1v) is 52.8. The molecule has 15 heterocycles. The van der Waals surface area contributed by atoms with Crippen molar-refractivity contribution >= 4 is 45.1 Å². The number of H-pyrrole nitrogens is 5. The van der Waals surface area contributed by atoms with Gasteiger partial charge in [0.2, 0.25) is 0 Å². The number of benzene rings is 5. The number of likely N-dealkylation sites (tertiary alicyclic amines) is 5. The Morgan fingerprint density at radius 1 is 0.329 bits per heavy atom. The van der Waals surface area contributed by atoms with E-state index in [2.05, 4.69) is 103 Å². The number of aromatic amines is 5. The van der Waals surface area contributed by atoms with Crippen LogP contribution in [0.15, 0.2) is 146 Å². The molecule has 10 aliphatic rings. The van der Waals surface area contributed by atoms with Crippen LogP contribution in [0.25, 0.3) is 0 Å². The first-order chi connectivity index (χ1) is 70.8. The lowest BCUT2D eigenvalue weighted by Crippen LogP contribution is -2.39. The number of alkyl halides is 15. The predicted octanol–water partition coefficient (Wildman–Crippen LogP) is 19.4. The minimum atomic E-state index is -4.39. The van der Waals surface area contributed by atoms with E-state index in [1.54, 1.807) is 89.7 Å². The molecule has 0 spiro atoms. The van der Waals surface area contributed by atoms with Gasteiger partial charge in [-0.15, -0.1) is 0 Å². The van der Waals surface area contributed by atoms with E-state index in [0.29, 0.717) is 219 Å². The van der Waals surface area contributed by atoms with E-state index in [0.717, 1.165) is 176 Å². The molecule has 149 heavy (non-hydrogen) atoms. The third kappa shape index (κ3) is 25.0. The molecule has 5 aromatic heterocycles. The lowest BCUT2D eigenvalue weighted by atomic mass is 9.86. The number of likely N-dealkylation sites (N-methyl/N-ethyl adjacent to an activating group) is 2. The maximum atomic E-state index is 13.4. The summed E-state index contributed by atoms with van der Waals surface area (Å²) >= 11 is 0. The largest absolute Gasteiger partial charge is 0.416 e. The fourth-order valence-corrected chi connectivity index (χ4v) is 23.2. The van der Waals surface area contributed by atoms with Crippen LogP contribution in [0.5, 0.6) is 0 Å². The molecule has 26 nitrogen and oxygen atoms in total. The zero-order valence-electron chi connectivity index (χ0n) is 84.0. The third-order valence-corrected chi connectivity index (χ3v) is 32.1. The number of halogens is 15. The molecule has 5 saturated heterocycles. The lowest BCUT2D eigenvalue weighted by Gasteiger charge is -2.33. The number of carbonyl (C=O) groups excluding carboxylic acids is 5. The van der Waals surface area contributed by atoms with Gasteiger partial charge >= 0.3 is 30.9 Å². The number of aromatic nitrogens is 10. The summed E-state index contributed by atoms with van der Waals surface area (Å²) in [7, 11) is -0.314. The van der Waals surface area contributed by atoms with Gasteiger partial charge in [0.25, 0.3) is 29.5 Å². The van der Waals surface area contributed by atoms with E-state index >= 15 is 0 Å². The van der Waals surface area contributed by atoms with Crippen molar-refractivity contribution in [2.45, 2.75) is 217 Å². The molecule has 0 radical (unpaired) electrons. The summed E-state index contributed by atoms with van der Waals surface area (Å²) in [6, 6.07) is 28.7. The number of carbonyl (C=O) groups is 5. The molecule has 42 heteroatoms. The third-order valence-electron chi connectivity index (χ3n) is 30.7. The van der Waals surface area contributed by atoms with Gasteiger partial charge in [0.05, 0.1) is 75.9 Å². The molecular formula is C107H125F15N20O6S. The number of amides is 5. The summed E-state index contributed by atoms with van der Waals surface area (Å²) in [4.78, 5) is 82.5. The number of fused-ring (bicyclic) bond motifs is 5. The van der Waals surface area contributed by atoms with Gasteiger partial charge in [-0.1, -0.05) is 118 Å². The van der Waals surface area contributed by atoms with Crippen LogP contribution in [0.3, 0.4) is 0 Å². The number of nitrogens with one attached hydrogen (secondary N) is 5. The van der Waals surface area contributed by atoms with E-state index in [1.807, 2.05) is 14.0 Å². The summed E-state index contributed by atoms with van der Waals surface area (Å²) in [5.74, 6) is 1.96. The highest BCUT2D eigenvalue weighted by molar-refractivity contribution is 7.97. The maximum absolute atomic E-state index is 13.4. The Morgan fingerprint density at radius 3 is 0.826 bits per heavy atom. The highest BCUT2D eigenvalue weighted by atomic mass is 32.2. The van der Waals surface area contributed by atoms with Gasteiger partial charge in [-0.25, -0.2) is 4.31 Å². The lowest BCUT2D eigenvalue weighted by molar-refractivity contribution is -0.139. The van der Waals surface area contributed by atoms with Crippen molar-refractivity contribution in [3.8, 4) is 0 Å². The summed E-state index contributed by atoms with van der Waals surface area (Å²) in [5.41, 5.74) is 12.3. The average Bonchev–Trinajstić information content (AvgIpc) is 1.65. The molecule has 0 aliphatic carbocycles. The van der Waals surface area contributed by atoms with Gasteiger partial charge in [0, 0.05) is 166 Å². The molecule has 1 unspecified atom stereocenters. The molecule has 5 fully saturated rings. The normalized spacial score (nSPS) is 18.6. The first-order valence-electron chi connectivity index (χ1n) is 50.7. The van der Waals surface area contributed by atoms with Crippen molar-refractivity contribution in [2.75, 3.05) is 118 Å². The minimum absolute atomic E-state index is 0.116. The SMILES string of the molecule is C=C(C)N1CCc2c(C(=O)N3CCC(c4ccccc4C(F)(F)F)CC3)n[nH]c2C1.C=C(CC)N1CCc2c(C(=O)N3CCC(c4ccccc4C(F)(F)F)CC3)n[nH]c2C1.C=S(C)(=O)N1CCc2c(C(=O)N3CCC(c4ccccc4C(F)(F)F)CC3)n[nH]c2C1.CCN1CCc2c(C(=O)N3CCC(c4ccccc4C(F)(F)F)CC3)n[nH]c2C1.CN1CCc2c(C(=O)N3CCC(c4ccccc4C(F)(F)F)CC3)n[nH]c2C1. The van der Waals surface area contributed by atoms with Crippen LogP contribution < -0.4 is 0 Å². The monoisotopic (exact) mass is 2100 g/mol. The Kier molecular flexibility index (Phi) is 33.5. The summed E-state index contributed by atoms with van der Waals surface area (Å²) in [6.07, 6.45) is -10.8. The van der Waals surface area contributed by atoms with Crippen molar-refractivity contribution in [1.82, 2.24) is 99.4 Å². The van der Waals surface area contributed by atoms with Crippen LogP contribution in [-0.4, -0.2) is 257 Å². The molecule has 1 atom stereocenters. The molecule has 5 aromatic carbocycles. The Bertz CT molecular complexity index is 6570. The Morgan fingerprint density at radius 2 is 0.564 bits per heavy atom. The highest BCUT2D eigenvalue weighted by Gasteiger charge is 2.45. The topological polar surface area (TPSA) is 278 Å². The predicted molar refractivity (Wildman–Crippen MR) is 532 cm³/mol. The second kappa shape index (κ2) is 45.7. The summed E-state index contributed by atoms with van der Waals surface area (Å²) < 4.78 is 214. The second-order valence-electron chi connectivity index (χ2n) is 40.1. The zero-order chi connectivity index (χ0) is 107. The summed E-state index contributed by atoms with van der Waals surface area (Å²) in [5, 5.41) is 36.1. The van der Waals surface area contributed by atoms with Crippen molar-refractivity contribution in [2.24, 2.45) is 0 Å². The van der Waals surface area contributed by atoms with Crippen LogP contribution >= 0.6 is 0 Å². The molecular weight excluding hydrogens is 1980 g/mol. The van der Waals surface area contributed by atoms with Crippen LogP contribution in [0.2, 0.25) is 0 Å². The van der Waals surface area contributed by atoms with Gasteiger partial charge < -0.3 is 39.2 Å². The van der Waals surface area contributed by atoms with Gasteiger partial charge in [0.15, 0.2) is 28.5 Å². The Balaban J connectivity index is 0.000000133. The fraction of sp³-hybridized carbons (Fsp3) is 0.486. The Labute approximate surface area is 855 Å². The quantitative estimate of drug-likeness (QED) is 0.0471. The number of allylic oxidation sites excluding steroid dienone is 2. The van der Waals surface area contributed by atoms with Gasteiger partial charge in [-0.2, -0.15) is 91.3 Å². The van der Waals surface area contributed by atoms with Crippen LogP contribution in [0.4, 0.5) is 65.9 Å². The van der Waals surface area contributed by atoms with E-state index in [9.17, 15) is 94.0 Å². The van der Waals surface area contributed by atoms with E-state index < -0.39 is 68.4 Å². The first kappa shape index (κ1) is 109. The standard InChI is InChI=1S/C23H27F3N4O.C22H25F3N4O.C21H25F3N4O2S.C21H25F3N4O.C20H23F3N4O/c1-3-15(2)30-13-10-18-20(14-30)27-28-21(18)22(31)29-11-8-16(9-12-29)17-6-4-5-7-19(17)23(24,25)26;1-14(2)29-12-9-17-19(13-29)26-27-20(17)21(30)28-10-7-15(8-11-28)16-5-3-4-6-18(16)22(23,24)25;1-31(2,30)28-12-9-16-18(13-28)25-26-19(16)20(29)27-10-7-14(8-11-27)15-5-3-4-6-17(15)21(22,23)24;1-2-27-10-9-16-18(13-27)25-26-19(16)20(29)28-11-7-14(8-12-28)15-5-3-4-6-17(15)21(22,23)24;1-26-9-8-15-17(12-26)24-25-18(15)19(28)27-10-6-13(7-11-27)14-4-2-3-5-16(14)20(21,22)23/h4-7,16H,2-3,8-14H2,1H3,(H,27,28);3-6,15H,1,7-13H2,2H3,(H,26,27);3-6,14H,1,7-13H2,2H3,(H,25,26);3-6,14H,2,7-13H2,1H3,(H,25,26);2-5,13H,6-12H2,1H3,(H,24,25). The highest BCUT2D eigenvalue weighted by Crippen LogP contribution is 2.47. The maximum Gasteiger partial charge on any atom is 0.416 e. The molecule has 800 valence electrons. The van der Waals surface area contributed by atoms with Crippen molar-refractivity contribution in [3.63, 3.8) is 0 Å². The smallest absolute Gasteiger partial charge is 0.369 e. The number of piperidine rings is 5. The fourth-order valence-electron chi connectivity index (χ4n) is 22.3. The second-order valence-corrected chi connectivity index (χ2v) is 42.5. The van der Waals surface area contributed by atoms with Gasteiger partial charge in [-0.05, 0) is 217 Å². The van der Waals surface area contributed by atoms with Crippen molar-refractivity contribution in [3.05, 3.63) is 286 Å². The molecule has 10 aliphatic heterocycles. The number of nitrogens with zero attached hydrogens (tertiary/aromatic N) is 15. The molecule has 10 aromatic rings. The minimum Gasteiger partial charge on any atom is -0.369 e. The van der Waals surface area contributed by atoms with Gasteiger partial charge in [-0.3, -0.25) is 58.6 Å². The van der Waals surface area contributed by atoms with Crippen molar-refractivity contribution in [1.29, 1.82) is 0 Å². The van der Waals surface area contributed by atoms with Crippen molar-refractivity contribution < 1.29 is 94.0 Å². The van der Waals surface area contributed by atoms with Crippen LogP contribution in [-0.2, 0) is 105 Å². The van der Waals surface area contributed by atoms with Crippen LogP contribution in [0, 0.1) is 0 Å². The average molecular weight is 2100 g/mol. The zero-order valence-corrected chi connectivity index (χ0v) is 84.8. The number of rotatable bonds is 15. The molecule has 0 bridgehead atoms.